The van der Waals surface area contributed by atoms with Crippen LogP contribution in [-0.2, 0) is 11.3 Å². The number of thiazole rings is 1. The molecule has 2 heterocycles. The Kier molecular flexibility index (Phi) is 7.69. The molecule has 0 aromatic carbocycles. The summed E-state index contributed by atoms with van der Waals surface area (Å²) in [5, 5.41) is 5.31. The standard InChI is InChI=1S/C23H33N3O3S/c1-5-15(3)24-21(27)18-12-20(19-14-30-22(25-19)23(28)29-6-2)26(16(18)4)13-17-10-8-7-9-11-17/h12,14-15,17H,5-11,13H2,1-4H3,(H,24,27). The summed E-state index contributed by atoms with van der Waals surface area (Å²) >= 11 is 1.29. The van der Waals surface area contributed by atoms with Crippen LogP contribution in [0.5, 0.6) is 0 Å². The number of hydrogen-bond donors (Lipinski definition) is 1. The first kappa shape index (κ1) is 22.5. The van der Waals surface area contributed by atoms with Gasteiger partial charge in [0.25, 0.3) is 5.91 Å². The maximum absolute atomic E-state index is 12.9. The largest absolute Gasteiger partial charge is 0.461 e. The molecule has 1 fully saturated rings. The zero-order chi connectivity index (χ0) is 21.7. The predicted molar refractivity (Wildman–Crippen MR) is 120 cm³/mol. The lowest BCUT2D eigenvalue weighted by Crippen LogP contribution is -2.32. The minimum atomic E-state index is -0.398. The summed E-state index contributed by atoms with van der Waals surface area (Å²) in [5.74, 6) is 0.161. The summed E-state index contributed by atoms with van der Waals surface area (Å²) in [4.78, 5) is 29.5. The van der Waals surface area contributed by atoms with Gasteiger partial charge in [0.05, 0.1) is 23.6 Å². The molecule has 1 aliphatic carbocycles. The van der Waals surface area contributed by atoms with Crippen LogP contribution in [0.1, 0.15) is 85.2 Å². The molecular weight excluding hydrogens is 398 g/mol. The monoisotopic (exact) mass is 431 g/mol. The van der Waals surface area contributed by atoms with E-state index in [4.69, 9.17) is 4.74 Å². The average molecular weight is 432 g/mol. The molecule has 0 radical (unpaired) electrons. The lowest BCUT2D eigenvalue weighted by Gasteiger charge is -2.24. The second-order valence-corrected chi connectivity index (χ2v) is 9.04. The number of amides is 1. The predicted octanol–water partition coefficient (Wildman–Crippen LogP) is 5.21. The summed E-state index contributed by atoms with van der Waals surface area (Å²) in [7, 11) is 0. The highest BCUT2D eigenvalue weighted by atomic mass is 32.1. The Labute approximate surface area is 183 Å². The number of ether oxygens (including phenoxy) is 1. The highest BCUT2D eigenvalue weighted by Crippen LogP contribution is 2.32. The van der Waals surface area contributed by atoms with Crippen LogP contribution >= 0.6 is 11.3 Å². The molecule has 1 amide bonds. The summed E-state index contributed by atoms with van der Waals surface area (Å²) in [6.45, 7) is 9.07. The van der Waals surface area contributed by atoms with Crippen molar-refractivity contribution in [1.82, 2.24) is 14.9 Å². The van der Waals surface area contributed by atoms with Crippen LogP contribution < -0.4 is 5.32 Å². The lowest BCUT2D eigenvalue weighted by atomic mass is 9.89. The third-order valence-corrected chi connectivity index (χ3v) is 6.81. The van der Waals surface area contributed by atoms with Crippen LogP contribution in [0.25, 0.3) is 11.4 Å². The molecule has 2 aromatic rings. The van der Waals surface area contributed by atoms with Crippen LogP contribution in [-0.4, -0.2) is 34.1 Å². The summed E-state index contributed by atoms with van der Waals surface area (Å²) in [6.07, 6.45) is 7.17. The normalized spacial score (nSPS) is 15.7. The van der Waals surface area contributed by atoms with Crippen LogP contribution in [0.3, 0.4) is 0 Å². The third kappa shape index (κ3) is 5.12. The van der Waals surface area contributed by atoms with Gasteiger partial charge in [-0.25, -0.2) is 9.78 Å². The van der Waals surface area contributed by atoms with Gasteiger partial charge in [-0.2, -0.15) is 0 Å². The molecule has 3 rings (SSSR count). The van der Waals surface area contributed by atoms with E-state index in [0.29, 0.717) is 23.1 Å². The van der Waals surface area contributed by atoms with E-state index in [1.54, 1.807) is 6.92 Å². The zero-order valence-corrected chi connectivity index (χ0v) is 19.3. The van der Waals surface area contributed by atoms with Gasteiger partial charge in [-0.05, 0) is 52.0 Å². The molecule has 1 saturated carbocycles. The quantitative estimate of drug-likeness (QED) is 0.583. The first-order valence-electron chi connectivity index (χ1n) is 11.1. The summed E-state index contributed by atoms with van der Waals surface area (Å²) < 4.78 is 7.32. The van der Waals surface area contributed by atoms with Crippen molar-refractivity contribution in [2.24, 2.45) is 5.92 Å². The van der Waals surface area contributed by atoms with Gasteiger partial charge in [0.15, 0.2) is 0 Å². The van der Waals surface area contributed by atoms with Gasteiger partial charge < -0.3 is 14.6 Å². The van der Waals surface area contributed by atoms with Gasteiger partial charge in [-0.3, -0.25) is 4.79 Å². The molecule has 30 heavy (non-hydrogen) atoms. The Hall–Kier alpha value is -2.15. The van der Waals surface area contributed by atoms with Crippen molar-refractivity contribution < 1.29 is 14.3 Å². The van der Waals surface area contributed by atoms with E-state index in [9.17, 15) is 9.59 Å². The van der Waals surface area contributed by atoms with Crippen molar-refractivity contribution in [2.75, 3.05) is 6.61 Å². The molecule has 0 bridgehead atoms. The summed E-state index contributed by atoms with van der Waals surface area (Å²) in [6, 6.07) is 2.05. The van der Waals surface area contributed by atoms with Crippen molar-refractivity contribution >= 4 is 23.2 Å². The average Bonchev–Trinajstić information content (AvgIpc) is 3.34. The SMILES string of the molecule is CCOC(=O)c1nc(-c2cc(C(=O)NC(C)CC)c(C)n2CC2CCCCC2)cs1. The molecule has 1 aliphatic rings. The van der Waals surface area contributed by atoms with Crippen LogP contribution in [0, 0.1) is 12.8 Å². The molecule has 0 aliphatic heterocycles. The van der Waals surface area contributed by atoms with Crippen molar-refractivity contribution in [3.05, 3.63) is 27.7 Å². The number of rotatable bonds is 8. The molecule has 7 heteroatoms. The number of carbonyl (C=O) groups is 2. The fraction of sp³-hybridized carbons (Fsp3) is 0.609. The van der Waals surface area contributed by atoms with E-state index in [1.165, 1.54) is 43.4 Å². The van der Waals surface area contributed by atoms with Gasteiger partial charge in [0.2, 0.25) is 5.01 Å². The fourth-order valence-corrected chi connectivity index (χ4v) is 4.73. The van der Waals surface area contributed by atoms with Crippen LogP contribution in [0.4, 0.5) is 0 Å². The maximum atomic E-state index is 12.9. The minimum absolute atomic E-state index is 0.0497. The van der Waals surface area contributed by atoms with Crippen molar-refractivity contribution in [2.45, 2.75) is 78.8 Å². The molecule has 2 aromatic heterocycles. The van der Waals surface area contributed by atoms with Gasteiger partial charge in [0, 0.05) is 23.7 Å². The lowest BCUT2D eigenvalue weighted by molar-refractivity contribution is 0.0526. The minimum Gasteiger partial charge on any atom is -0.461 e. The van der Waals surface area contributed by atoms with E-state index >= 15 is 0 Å². The van der Waals surface area contributed by atoms with Crippen LogP contribution in [0.2, 0.25) is 0 Å². The highest BCUT2D eigenvalue weighted by molar-refractivity contribution is 7.11. The van der Waals surface area contributed by atoms with E-state index in [0.717, 1.165) is 30.0 Å². The Balaban J connectivity index is 1.96. The Morgan fingerprint density at radius 2 is 2.03 bits per heavy atom. The highest BCUT2D eigenvalue weighted by Gasteiger charge is 2.24. The summed E-state index contributed by atoms with van der Waals surface area (Å²) in [5.41, 5.74) is 3.28. The molecule has 6 nitrogen and oxygen atoms in total. The molecule has 0 spiro atoms. The molecule has 1 N–H and O–H groups in total. The van der Waals surface area contributed by atoms with Crippen LogP contribution in [0.15, 0.2) is 11.4 Å². The topological polar surface area (TPSA) is 73.2 Å². The molecule has 1 atom stereocenters. The van der Waals surface area contributed by atoms with Gasteiger partial charge in [-0.1, -0.05) is 26.2 Å². The zero-order valence-electron chi connectivity index (χ0n) is 18.5. The number of aromatic nitrogens is 2. The second kappa shape index (κ2) is 10.2. The first-order valence-corrected chi connectivity index (χ1v) is 12.0. The van der Waals surface area contributed by atoms with Crippen molar-refractivity contribution in [3.63, 3.8) is 0 Å². The Bertz CT molecular complexity index is 880. The molecule has 1 unspecified atom stereocenters. The smallest absolute Gasteiger partial charge is 0.367 e. The van der Waals surface area contributed by atoms with Crippen molar-refractivity contribution in [3.8, 4) is 11.4 Å². The fourth-order valence-electron chi connectivity index (χ4n) is 4.03. The van der Waals surface area contributed by atoms with E-state index in [1.807, 2.05) is 25.3 Å². The van der Waals surface area contributed by atoms with Gasteiger partial charge in [-0.15, -0.1) is 11.3 Å². The second-order valence-electron chi connectivity index (χ2n) is 8.18. The van der Waals surface area contributed by atoms with E-state index in [-0.39, 0.29) is 11.9 Å². The van der Waals surface area contributed by atoms with Crippen molar-refractivity contribution in [1.29, 1.82) is 0 Å². The van der Waals surface area contributed by atoms with E-state index < -0.39 is 5.97 Å². The molecule has 0 saturated heterocycles. The number of hydrogen-bond acceptors (Lipinski definition) is 5. The molecular formula is C23H33N3O3S. The third-order valence-electron chi connectivity index (χ3n) is 5.98. The number of carbonyl (C=O) groups excluding carboxylic acids is 2. The number of nitrogens with one attached hydrogen (secondary N) is 1. The van der Waals surface area contributed by atoms with Gasteiger partial charge >= 0.3 is 5.97 Å². The molecule has 164 valence electrons. The van der Waals surface area contributed by atoms with E-state index in [2.05, 4.69) is 21.8 Å². The Morgan fingerprint density at radius 1 is 1.30 bits per heavy atom. The van der Waals surface area contributed by atoms with Gasteiger partial charge in [0.1, 0.15) is 0 Å². The Morgan fingerprint density at radius 3 is 2.70 bits per heavy atom. The first-order chi connectivity index (χ1) is 14.4. The number of esters is 1. The number of nitrogens with zero attached hydrogens (tertiary/aromatic N) is 2. The maximum Gasteiger partial charge on any atom is 0.367 e.